The molecule has 258 valence electrons. The maximum absolute atomic E-state index is 12.4. The zero-order valence-electron chi connectivity index (χ0n) is 27.8. The summed E-state index contributed by atoms with van der Waals surface area (Å²) in [6.07, 6.45) is 4.99. The molecule has 2 heterocycles. The quantitative estimate of drug-likeness (QED) is 0.0892. The highest BCUT2D eigenvalue weighted by atomic mass is 16.7. The van der Waals surface area contributed by atoms with Crippen molar-refractivity contribution < 1.29 is 34.1 Å². The van der Waals surface area contributed by atoms with Gasteiger partial charge in [0, 0.05) is 51.1 Å². The Morgan fingerprint density at radius 3 is 2.40 bits per heavy atom. The summed E-state index contributed by atoms with van der Waals surface area (Å²) >= 11 is 0. The van der Waals surface area contributed by atoms with Gasteiger partial charge in [-0.25, -0.2) is 5.48 Å². The minimum absolute atomic E-state index is 0.00538. The fourth-order valence-electron chi connectivity index (χ4n) is 6.63. The van der Waals surface area contributed by atoms with E-state index in [9.17, 15) is 14.7 Å². The van der Waals surface area contributed by atoms with Gasteiger partial charge in [-0.3, -0.25) is 19.7 Å². The molecule has 2 fully saturated rings. The normalized spacial score (nSPS) is 21.2. The Balaban J connectivity index is 1.25. The third-order valence-electron chi connectivity index (χ3n) is 9.25. The van der Waals surface area contributed by atoms with E-state index in [1.165, 1.54) is 0 Å². The van der Waals surface area contributed by atoms with Gasteiger partial charge in [0.1, 0.15) is 0 Å². The average molecular weight is 660 g/mol. The van der Waals surface area contributed by atoms with Crippen molar-refractivity contribution in [3.63, 3.8) is 0 Å². The van der Waals surface area contributed by atoms with Crippen molar-refractivity contribution in [1.82, 2.24) is 15.7 Å². The van der Waals surface area contributed by atoms with E-state index in [0.29, 0.717) is 31.8 Å². The Bertz CT molecular complexity index is 1470. The van der Waals surface area contributed by atoms with Crippen LogP contribution < -0.4 is 10.8 Å². The Morgan fingerprint density at radius 1 is 0.896 bits per heavy atom. The molecule has 0 spiro atoms. The van der Waals surface area contributed by atoms with Crippen LogP contribution in [0.1, 0.15) is 86.0 Å². The summed E-state index contributed by atoms with van der Waals surface area (Å²) < 4.78 is 18.8. The van der Waals surface area contributed by atoms with Gasteiger partial charge in [0.05, 0.1) is 25.4 Å². The summed E-state index contributed by atoms with van der Waals surface area (Å²) in [6.45, 7) is 3.00. The number of nitrogens with zero attached hydrogens (tertiary/aromatic N) is 1. The summed E-state index contributed by atoms with van der Waals surface area (Å²) in [4.78, 5) is 26.0. The first-order chi connectivity index (χ1) is 23.4. The van der Waals surface area contributed by atoms with Crippen LogP contribution in [0.25, 0.3) is 11.1 Å². The van der Waals surface area contributed by atoms with Crippen molar-refractivity contribution >= 4 is 11.8 Å². The van der Waals surface area contributed by atoms with Gasteiger partial charge in [-0.05, 0) is 72.2 Å². The number of hydrogen-bond donors (Lipinski definition) is 4. The molecular formula is C38H49N3O7. The number of ether oxygens (including phenoxy) is 3. The van der Waals surface area contributed by atoms with E-state index in [4.69, 9.17) is 19.4 Å². The molecule has 0 aliphatic carbocycles. The number of unbranched alkanes of at least 4 members (excludes halogenated alkanes) is 2. The third-order valence-corrected chi connectivity index (χ3v) is 9.25. The van der Waals surface area contributed by atoms with Gasteiger partial charge in [0.2, 0.25) is 11.8 Å². The molecule has 4 N–H and O–H groups in total. The SMILES string of the molecule is COCC1CCCN1CC1CC(c2ccc(CO)cc2)OC(c2cccc(-c3cccc(CNC(=O)CCCCCC(=O)NO)c3)c2)O1. The lowest BCUT2D eigenvalue weighted by molar-refractivity contribution is -0.253. The molecule has 4 atom stereocenters. The van der Waals surface area contributed by atoms with Crippen molar-refractivity contribution in [2.75, 3.05) is 26.8 Å². The van der Waals surface area contributed by atoms with Crippen LogP contribution in [-0.2, 0) is 37.0 Å². The van der Waals surface area contributed by atoms with Gasteiger partial charge >= 0.3 is 0 Å². The highest BCUT2D eigenvalue weighted by Gasteiger charge is 2.35. The standard InChI is InChI=1S/C38H49N3O7/c1-46-26-33-12-7-19-41(33)24-34-22-35(29-17-15-27(25-42)16-18-29)48-38(47-34)32-11-6-10-31(21-32)30-9-5-8-28(20-30)23-39-36(43)13-3-2-4-14-37(44)40-45/h5-6,8-11,15-18,20-21,33-35,38,42,45H,2-4,7,12-14,19,22-26H2,1H3,(H,39,43)(H,40,44). The van der Waals surface area contributed by atoms with Crippen molar-refractivity contribution in [3.8, 4) is 11.1 Å². The highest BCUT2D eigenvalue weighted by Crippen LogP contribution is 2.39. The smallest absolute Gasteiger partial charge is 0.243 e. The fourth-order valence-corrected chi connectivity index (χ4v) is 6.63. The molecule has 3 aromatic rings. The second-order valence-corrected chi connectivity index (χ2v) is 12.8. The first-order valence-corrected chi connectivity index (χ1v) is 17.1. The van der Waals surface area contributed by atoms with Gasteiger partial charge in [0.25, 0.3) is 0 Å². The molecule has 2 aliphatic heterocycles. The molecule has 48 heavy (non-hydrogen) atoms. The molecular weight excluding hydrogens is 610 g/mol. The number of hydroxylamine groups is 1. The maximum atomic E-state index is 12.4. The lowest BCUT2D eigenvalue weighted by Crippen LogP contribution is -2.42. The molecule has 10 heteroatoms. The van der Waals surface area contributed by atoms with Crippen LogP contribution in [0, 0.1) is 0 Å². The fraction of sp³-hybridized carbons (Fsp3) is 0.474. The van der Waals surface area contributed by atoms with E-state index in [2.05, 4.69) is 34.5 Å². The van der Waals surface area contributed by atoms with Crippen LogP contribution in [0.5, 0.6) is 0 Å². The number of rotatable bonds is 16. The first-order valence-electron chi connectivity index (χ1n) is 17.1. The molecule has 4 unspecified atom stereocenters. The van der Waals surface area contributed by atoms with E-state index in [1.807, 2.05) is 48.5 Å². The molecule has 0 aromatic heterocycles. The van der Waals surface area contributed by atoms with Crippen LogP contribution in [-0.4, -0.2) is 66.0 Å². The van der Waals surface area contributed by atoms with E-state index in [-0.39, 0.29) is 31.1 Å². The minimum Gasteiger partial charge on any atom is -0.392 e. The molecule has 0 saturated carbocycles. The minimum atomic E-state index is -0.546. The molecule has 2 aliphatic rings. The summed E-state index contributed by atoms with van der Waals surface area (Å²) in [5.74, 6) is -0.436. The van der Waals surface area contributed by atoms with Gasteiger partial charge < -0.3 is 24.6 Å². The topological polar surface area (TPSA) is 130 Å². The van der Waals surface area contributed by atoms with E-state index in [1.54, 1.807) is 12.6 Å². The van der Waals surface area contributed by atoms with Crippen LogP contribution in [0.2, 0.25) is 0 Å². The number of likely N-dealkylation sites (tertiary alicyclic amines) is 1. The van der Waals surface area contributed by atoms with Crippen LogP contribution in [0.3, 0.4) is 0 Å². The second kappa shape index (κ2) is 18.2. The Hall–Kier alpha value is -3.64. The Morgan fingerprint density at radius 2 is 1.65 bits per heavy atom. The Kier molecular flexibility index (Phi) is 13.5. The molecule has 2 amide bonds. The number of aliphatic hydroxyl groups excluding tert-OH is 1. The molecule has 3 aromatic carbocycles. The summed E-state index contributed by atoms with van der Waals surface area (Å²) in [7, 11) is 1.76. The van der Waals surface area contributed by atoms with Gasteiger partial charge in [-0.2, -0.15) is 0 Å². The predicted octanol–water partition coefficient (Wildman–Crippen LogP) is 5.57. The van der Waals surface area contributed by atoms with Crippen molar-refractivity contribution in [1.29, 1.82) is 0 Å². The largest absolute Gasteiger partial charge is 0.392 e. The number of carbonyl (C=O) groups excluding carboxylic acids is 2. The third kappa shape index (κ3) is 10.2. The first kappa shape index (κ1) is 35.7. The van der Waals surface area contributed by atoms with Crippen LogP contribution >= 0.6 is 0 Å². The number of benzene rings is 3. The number of methoxy groups -OCH3 is 1. The highest BCUT2D eigenvalue weighted by molar-refractivity contribution is 5.76. The second-order valence-electron chi connectivity index (χ2n) is 12.8. The van der Waals surface area contributed by atoms with E-state index < -0.39 is 12.2 Å². The number of aliphatic hydroxyl groups is 1. The molecule has 2 saturated heterocycles. The van der Waals surface area contributed by atoms with Gasteiger partial charge in [-0.15, -0.1) is 0 Å². The summed E-state index contributed by atoms with van der Waals surface area (Å²) in [5.41, 5.74) is 7.58. The zero-order chi connectivity index (χ0) is 33.7. The summed E-state index contributed by atoms with van der Waals surface area (Å²) in [6, 6.07) is 24.8. The maximum Gasteiger partial charge on any atom is 0.243 e. The Labute approximate surface area is 283 Å². The van der Waals surface area contributed by atoms with Crippen molar-refractivity contribution in [3.05, 3.63) is 95.1 Å². The molecule has 5 rings (SSSR count). The average Bonchev–Trinajstić information content (AvgIpc) is 3.56. The van der Waals surface area contributed by atoms with E-state index in [0.717, 1.165) is 78.8 Å². The number of carbonyl (C=O) groups is 2. The van der Waals surface area contributed by atoms with Crippen LogP contribution in [0.15, 0.2) is 72.8 Å². The number of nitrogens with one attached hydrogen (secondary N) is 2. The lowest BCUT2D eigenvalue weighted by Gasteiger charge is -2.39. The number of amides is 2. The van der Waals surface area contributed by atoms with Crippen molar-refractivity contribution in [2.45, 2.75) is 89.1 Å². The molecule has 0 radical (unpaired) electrons. The lowest BCUT2D eigenvalue weighted by atomic mass is 9.98. The molecule has 0 bridgehead atoms. The molecule has 10 nitrogen and oxygen atoms in total. The summed E-state index contributed by atoms with van der Waals surface area (Å²) in [5, 5.41) is 21.1. The van der Waals surface area contributed by atoms with Gasteiger partial charge in [-0.1, -0.05) is 67.1 Å². The van der Waals surface area contributed by atoms with Crippen LogP contribution in [0.4, 0.5) is 0 Å². The number of hydrogen-bond acceptors (Lipinski definition) is 8. The predicted molar refractivity (Wildman–Crippen MR) is 182 cm³/mol. The van der Waals surface area contributed by atoms with E-state index >= 15 is 0 Å². The van der Waals surface area contributed by atoms with Gasteiger partial charge in [0.15, 0.2) is 6.29 Å². The van der Waals surface area contributed by atoms with Crippen molar-refractivity contribution in [2.24, 2.45) is 0 Å². The monoisotopic (exact) mass is 659 g/mol. The zero-order valence-corrected chi connectivity index (χ0v) is 27.8.